The zero-order chi connectivity index (χ0) is 20.1. The van der Waals surface area contributed by atoms with Crippen molar-refractivity contribution in [3.8, 4) is 5.75 Å². The molecule has 6 nitrogen and oxygen atoms in total. The van der Waals surface area contributed by atoms with E-state index >= 15 is 0 Å². The van der Waals surface area contributed by atoms with Crippen molar-refractivity contribution in [1.82, 2.24) is 4.90 Å². The number of carbonyl (C=O) groups excluding carboxylic acids is 2. The molecule has 1 saturated heterocycles. The molecule has 0 spiro atoms. The molecule has 1 heterocycles. The zero-order valence-corrected chi connectivity index (χ0v) is 15.9. The van der Waals surface area contributed by atoms with Crippen molar-refractivity contribution in [3.63, 3.8) is 0 Å². The zero-order valence-electron chi connectivity index (χ0n) is 15.9. The Bertz CT molecular complexity index is 891. The lowest BCUT2D eigenvalue weighted by Crippen LogP contribution is -2.31. The van der Waals surface area contributed by atoms with Gasteiger partial charge >= 0.3 is 0 Å². The van der Waals surface area contributed by atoms with E-state index in [0.29, 0.717) is 30.9 Å². The number of hydrogen-bond acceptors (Lipinski definition) is 5. The van der Waals surface area contributed by atoms with Gasteiger partial charge < -0.3 is 19.5 Å². The lowest BCUT2D eigenvalue weighted by molar-refractivity contribution is -0.140. The van der Waals surface area contributed by atoms with Crippen molar-refractivity contribution >= 4 is 17.4 Å². The Labute approximate surface area is 164 Å². The fourth-order valence-electron chi connectivity index (χ4n) is 3.40. The Morgan fingerprint density at radius 3 is 2.50 bits per heavy atom. The molecule has 146 valence electrons. The summed E-state index contributed by atoms with van der Waals surface area (Å²) >= 11 is 0. The van der Waals surface area contributed by atoms with Gasteiger partial charge in [0.2, 0.25) is 0 Å². The van der Waals surface area contributed by atoms with Gasteiger partial charge in [0.05, 0.1) is 18.7 Å². The van der Waals surface area contributed by atoms with Crippen LogP contribution in [0.15, 0.2) is 60.2 Å². The fourth-order valence-corrected chi connectivity index (χ4v) is 3.40. The number of amides is 1. The maximum Gasteiger partial charge on any atom is 0.295 e. The molecule has 1 amide bonds. The molecular formula is C22H23NO5. The first-order valence-electron chi connectivity index (χ1n) is 9.05. The standard InChI is InChI=1S/C22H23NO5/c1-27-13-7-12-23-19(15-8-4-3-5-9-15)18(21(25)22(23)26)20(24)16-10-6-11-17(14-16)28-2/h3-6,8-11,14,19,24H,7,12-13H2,1-2H3/t19-/m1/s1. The van der Waals surface area contributed by atoms with E-state index in [-0.39, 0.29) is 11.3 Å². The minimum atomic E-state index is -0.688. The number of hydrogen-bond donors (Lipinski definition) is 1. The molecule has 1 atom stereocenters. The molecule has 1 aliphatic rings. The molecule has 1 fully saturated rings. The molecule has 0 aliphatic carbocycles. The van der Waals surface area contributed by atoms with Crippen LogP contribution >= 0.6 is 0 Å². The highest BCUT2D eigenvalue weighted by Crippen LogP contribution is 2.39. The number of benzene rings is 2. The van der Waals surface area contributed by atoms with Crippen molar-refractivity contribution in [3.05, 3.63) is 71.3 Å². The minimum Gasteiger partial charge on any atom is -0.507 e. The van der Waals surface area contributed by atoms with Gasteiger partial charge in [-0.2, -0.15) is 0 Å². The first-order chi connectivity index (χ1) is 13.6. The Morgan fingerprint density at radius 1 is 1.07 bits per heavy atom. The number of aliphatic hydroxyl groups is 1. The maximum atomic E-state index is 12.8. The van der Waals surface area contributed by atoms with Crippen LogP contribution in [0.2, 0.25) is 0 Å². The van der Waals surface area contributed by atoms with E-state index in [9.17, 15) is 14.7 Å². The van der Waals surface area contributed by atoms with Crippen LogP contribution in [0.1, 0.15) is 23.6 Å². The molecule has 0 radical (unpaired) electrons. The monoisotopic (exact) mass is 381 g/mol. The van der Waals surface area contributed by atoms with Crippen molar-refractivity contribution in [2.75, 3.05) is 27.4 Å². The molecule has 28 heavy (non-hydrogen) atoms. The number of likely N-dealkylation sites (tertiary alicyclic amines) is 1. The summed E-state index contributed by atoms with van der Waals surface area (Å²) in [5.41, 5.74) is 1.28. The third kappa shape index (κ3) is 3.77. The first-order valence-corrected chi connectivity index (χ1v) is 9.05. The first kappa shape index (κ1) is 19.6. The second kappa shape index (κ2) is 8.71. The van der Waals surface area contributed by atoms with Crippen LogP contribution in [0.25, 0.3) is 5.76 Å². The van der Waals surface area contributed by atoms with Gasteiger partial charge in [0.1, 0.15) is 11.5 Å². The summed E-state index contributed by atoms with van der Waals surface area (Å²) in [4.78, 5) is 27.1. The second-order valence-corrected chi connectivity index (χ2v) is 6.48. The van der Waals surface area contributed by atoms with Crippen molar-refractivity contribution < 1.29 is 24.2 Å². The molecule has 1 aliphatic heterocycles. The summed E-state index contributed by atoms with van der Waals surface area (Å²) in [6.45, 7) is 0.827. The normalized spacial score (nSPS) is 18.5. The molecule has 0 unspecified atom stereocenters. The van der Waals surface area contributed by atoms with Crippen LogP contribution in [0.5, 0.6) is 5.75 Å². The number of nitrogens with zero attached hydrogens (tertiary/aromatic N) is 1. The number of ether oxygens (including phenoxy) is 2. The highest BCUT2D eigenvalue weighted by molar-refractivity contribution is 6.46. The number of carbonyl (C=O) groups is 2. The molecule has 2 aromatic carbocycles. The number of methoxy groups -OCH3 is 2. The summed E-state index contributed by atoms with van der Waals surface area (Å²) in [6, 6.07) is 15.4. The van der Waals surface area contributed by atoms with Gasteiger partial charge in [0.15, 0.2) is 0 Å². The lowest BCUT2D eigenvalue weighted by atomic mass is 9.95. The van der Waals surface area contributed by atoms with E-state index in [1.807, 2.05) is 30.3 Å². The molecular weight excluding hydrogens is 358 g/mol. The Hall–Kier alpha value is -3.12. The molecule has 3 rings (SSSR count). The quantitative estimate of drug-likeness (QED) is 0.345. The van der Waals surface area contributed by atoms with Crippen LogP contribution in [-0.4, -0.2) is 49.1 Å². The van der Waals surface area contributed by atoms with Gasteiger partial charge in [0.25, 0.3) is 11.7 Å². The number of aliphatic hydroxyl groups excluding tert-OH is 1. The molecule has 0 bridgehead atoms. The number of rotatable bonds is 7. The van der Waals surface area contributed by atoms with E-state index in [1.165, 1.54) is 12.0 Å². The Kier molecular flexibility index (Phi) is 6.11. The van der Waals surface area contributed by atoms with Crippen LogP contribution < -0.4 is 4.74 Å². The van der Waals surface area contributed by atoms with Crippen LogP contribution in [0, 0.1) is 0 Å². The summed E-state index contributed by atoms with van der Waals surface area (Å²) in [7, 11) is 3.11. The topological polar surface area (TPSA) is 76.1 Å². The van der Waals surface area contributed by atoms with Crippen molar-refractivity contribution in [2.24, 2.45) is 0 Å². The average molecular weight is 381 g/mol. The largest absolute Gasteiger partial charge is 0.507 e. The van der Waals surface area contributed by atoms with Gasteiger partial charge in [-0.25, -0.2) is 0 Å². The highest BCUT2D eigenvalue weighted by Gasteiger charge is 2.45. The number of ketones is 1. The molecule has 6 heteroatoms. The van der Waals surface area contributed by atoms with E-state index in [2.05, 4.69) is 0 Å². The summed E-state index contributed by atoms with van der Waals surface area (Å²) in [5.74, 6) is -0.962. The average Bonchev–Trinajstić information content (AvgIpc) is 2.99. The van der Waals surface area contributed by atoms with E-state index in [0.717, 1.165) is 5.56 Å². The summed E-state index contributed by atoms with van der Waals surface area (Å²) in [6.07, 6.45) is 0.589. The van der Waals surface area contributed by atoms with Crippen LogP contribution in [-0.2, 0) is 14.3 Å². The molecule has 0 saturated carbocycles. The van der Waals surface area contributed by atoms with Gasteiger partial charge in [-0.15, -0.1) is 0 Å². The van der Waals surface area contributed by atoms with Gasteiger partial charge in [-0.1, -0.05) is 42.5 Å². The Balaban J connectivity index is 2.10. The maximum absolute atomic E-state index is 12.8. The van der Waals surface area contributed by atoms with Gasteiger partial charge in [0, 0.05) is 25.8 Å². The minimum absolute atomic E-state index is 0.0851. The van der Waals surface area contributed by atoms with Crippen LogP contribution in [0.4, 0.5) is 0 Å². The lowest BCUT2D eigenvalue weighted by Gasteiger charge is -2.25. The Morgan fingerprint density at radius 2 is 1.82 bits per heavy atom. The molecule has 2 aromatic rings. The van der Waals surface area contributed by atoms with E-state index in [4.69, 9.17) is 9.47 Å². The second-order valence-electron chi connectivity index (χ2n) is 6.48. The third-order valence-corrected chi connectivity index (χ3v) is 4.75. The molecule has 1 N–H and O–H groups in total. The summed E-state index contributed by atoms with van der Waals surface area (Å²) < 4.78 is 10.3. The van der Waals surface area contributed by atoms with Crippen molar-refractivity contribution in [2.45, 2.75) is 12.5 Å². The molecule has 0 aromatic heterocycles. The van der Waals surface area contributed by atoms with Crippen LogP contribution in [0.3, 0.4) is 0 Å². The summed E-state index contributed by atoms with van der Waals surface area (Å²) in [5, 5.41) is 10.9. The SMILES string of the molecule is COCCCN1C(=O)C(=O)C(=C(O)c2cccc(OC)c2)[C@H]1c1ccccc1. The predicted octanol–water partition coefficient (Wildman–Crippen LogP) is 3.15. The number of Topliss-reactive ketones (excluding diaryl/α,β-unsaturated/α-hetero) is 1. The van der Waals surface area contributed by atoms with Gasteiger partial charge in [-0.3, -0.25) is 9.59 Å². The highest BCUT2D eigenvalue weighted by atomic mass is 16.5. The van der Waals surface area contributed by atoms with Crippen molar-refractivity contribution in [1.29, 1.82) is 0 Å². The van der Waals surface area contributed by atoms with E-state index < -0.39 is 17.7 Å². The fraction of sp³-hybridized carbons (Fsp3) is 0.273. The third-order valence-electron chi connectivity index (χ3n) is 4.75. The van der Waals surface area contributed by atoms with Gasteiger partial charge in [-0.05, 0) is 24.1 Å². The van der Waals surface area contributed by atoms with E-state index in [1.54, 1.807) is 31.4 Å². The smallest absolute Gasteiger partial charge is 0.295 e. The predicted molar refractivity (Wildman–Crippen MR) is 105 cm³/mol.